The van der Waals surface area contributed by atoms with E-state index in [4.69, 9.17) is 17.3 Å². The van der Waals surface area contributed by atoms with E-state index in [1.54, 1.807) is 18.3 Å². The smallest absolute Gasteiger partial charge is 0.124 e. The molecule has 0 saturated carbocycles. The van der Waals surface area contributed by atoms with Crippen LogP contribution in [-0.2, 0) is 0 Å². The van der Waals surface area contributed by atoms with Crippen LogP contribution in [0, 0.1) is 0 Å². The summed E-state index contributed by atoms with van der Waals surface area (Å²) in [5, 5.41) is 0.592. The second kappa shape index (κ2) is 4.72. The summed E-state index contributed by atoms with van der Waals surface area (Å²) in [6, 6.07) is 7.30. The first-order valence-electron chi connectivity index (χ1n) is 5.47. The van der Waals surface area contributed by atoms with Crippen LogP contribution in [0.2, 0.25) is 5.02 Å². The van der Waals surface area contributed by atoms with E-state index in [1.165, 1.54) is 0 Å². The number of halogens is 1. The highest BCUT2D eigenvalue weighted by Gasteiger charge is 2.13. The summed E-state index contributed by atoms with van der Waals surface area (Å²) in [6.45, 7) is 4.18. The van der Waals surface area contributed by atoms with Crippen molar-refractivity contribution in [2.45, 2.75) is 19.8 Å². The maximum Gasteiger partial charge on any atom is 0.124 e. The number of hydrogen-bond acceptors (Lipinski definition) is 3. The van der Waals surface area contributed by atoms with E-state index in [2.05, 4.69) is 23.8 Å². The molecule has 88 valence electrons. The Morgan fingerprint density at radius 3 is 2.71 bits per heavy atom. The molecule has 0 aliphatic carbocycles. The SMILES string of the molecule is CC(C)c1ncccc1-c1nc(N)ccc1Cl. The highest BCUT2D eigenvalue weighted by Crippen LogP contribution is 2.31. The normalized spacial score (nSPS) is 10.8. The lowest BCUT2D eigenvalue weighted by atomic mass is 10.0. The maximum atomic E-state index is 6.16. The van der Waals surface area contributed by atoms with Crippen LogP contribution in [0.15, 0.2) is 30.5 Å². The van der Waals surface area contributed by atoms with Crippen molar-refractivity contribution in [1.82, 2.24) is 9.97 Å². The van der Waals surface area contributed by atoms with E-state index < -0.39 is 0 Å². The number of nitrogen functional groups attached to an aromatic ring is 1. The molecule has 2 aromatic heterocycles. The third kappa shape index (κ3) is 2.39. The van der Waals surface area contributed by atoms with Gasteiger partial charge in [0.25, 0.3) is 0 Å². The Kier molecular flexibility index (Phi) is 3.29. The van der Waals surface area contributed by atoms with Gasteiger partial charge in [-0.15, -0.1) is 0 Å². The summed E-state index contributed by atoms with van der Waals surface area (Å²) in [6.07, 6.45) is 1.78. The van der Waals surface area contributed by atoms with Crippen LogP contribution in [0.4, 0.5) is 5.82 Å². The zero-order valence-corrected chi connectivity index (χ0v) is 10.6. The molecule has 2 N–H and O–H groups in total. The van der Waals surface area contributed by atoms with Crippen LogP contribution in [0.3, 0.4) is 0 Å². The molecular weight excluding hydrogens is 234 g/mol. The van der Waals surface area contributed by atoms with Crippen LogP contribution in [0.1, 0.15) is 25.5 Å². The molecule has 0 fully saturated rings. The largest absolute Gasteiger partial charge is 0.384 e. The second-order valence-corrected chi connectivity index (χ2v) is 4.56. The predicted molar refractivity (Wildman–Crippen MR) is 71.0 cm³/mol. The third-order valence-electron chi connectivity index (χ3n) is 2.51. The molecule has 0 bridgehead atoms. The molecular formula is C13H14ClN3. The average molecular weight is 248 g/mol. The lowest BCUT2D eigenvalue weighted by Crippen LogP contribution is -1.99. The molecule has 2 heterocycles. The molecule has 0 aliphatic heterocycles. The van der Waals surface area contributed by atoms with Crippen molar-refractivity contribution in [1.29, 1.82) is 0 Å². The second-order valence-electron chi connectivity index (χ2n) is 4.16. The maximum absolute atomic E-state index is 6.16. The number of rotatable bonds is 2. The van der Waals surface area contributed by atoms with Crippen LogP contribution in [0.5, 0.6) is 0 Å². The minimum Gasteiger partial charge on any atom is -0.384 e. The summed E-state index contributed by atoms with van der Waals surface area (Å²) in [5.74, 6) is 0.772. The highest BCUT2D eigenvalue weighted by atomic mass is 35.5. The van der Waals surface area contributed by atoms with E-state index in [0.29, 0.717) is 22.5 Å². The van der Waals surface area contributed by atoms with Crippen molar-refractivity contribution in [3.8, 4) is 11.3 Å². The molecule has 0 atom stereocenters. The molecule has 0 unspecified atom stereocenters. The first-order chi connectivity index (χ1) is 8.09. The molecule has 2 aromatic rings. The standard InChI is InChI=1S/C13H14ClN3/c1-8(2)12-9(4-3-7-16-12)13-10(14)5-6-11(15)17-13/h3-8H,1-2H3,(H2,15,17). The molecule has 3 nitrogen and oxygen atoms in total. The Morgan fingerprint density at radius 1 is 1.24 bits per heavy atom. The summed E-state index contributed by atoms with van der Waals surface area (Å²) >= 11 is 6.16. The van der Waals surface area contributed by atoms with E-state index in [1.807, 2.05) is 12.1 Å². The fourth-order valence-corrected chi connectivity index (χ4v) is 1.93. The highest BCUT2D eigenvalue weighted by molar-refractivity contribution is 6.33. The van der Waals surface area contributed by atoms with Gasteiger partial charge in [-0.05, 0) is 30.2 Å². The van der Waals surface area contributed by atoms with Crippen LogP contribution >= 0.6 is 11.6 Å². The predicted octanol–water partition coefficient (Wildman–Crippen LogP) is 3.50. The molecule has 0 spiro atoms. The minimum absolute atomic E-state index is 0.311. The number of hydrogen-bond donors (Lipinski definition) is 1. The summed E-state index contributed by atoms with van der Waals surface area (Å²) < 4.78 is 0. The van der Waals surface area contributed by atoms with Gasteiger partial charge in [-0.2, -0.15) is 0 Å². The van der Waals surface area contributed by atoms with Crippen molar-refractivity contribution in [3.05, 3.63) is 41.2 Å². The molecule has 0 aliphatic rings. The summed E-state index contributed by atoms with van der Waals surface area (Å²) in [7, 11) is 0. The first kappa shape index (κ1) is 11.9. The Balaban J connectivity index is 2.64. The van der Waals surface area contributed by atoms with E-state index >= 15 is 0 Å². The van der Waals surface area contributed by atoms with Gasteiger partial charge >= 0.3 is 0 Å². The zero-order valence-electron chi connectivity index (χ0n) is 9.81. The Hall–Kier alpha value is -1.61. The van der Waals surface area contributed by atoms with Crippen LogP contribution in [0.25, 0.3) is 11.3 Å². The van der Waals surface area contributed by atoms with Crippen molar-refractivity contribution in [2.75, 3.05) is 5.73 Å². The fraction of sp³-hybridized carbons (Fsp3) is 0.231. The van der Waals surface area contributed by atoms with E-state index in [-0.39, 0.29) is 0 Å². The fourth-order valence-electron chi connectivity index (χ4n) is 1.72. The Bertz CT molecular complexity index is 538. The van der Waals surface area contributed by atoms with Crippen molar-refractivity contribution < 1.29 is 0 Å². The van der Waals surface area contributed by atoms with Crippen molar-refractivity contribution in [3.63, 3.8) is 0 Å². The molecule has 2 rings (SSSR count). The number of nitrogens with zero attached hydrogens (tertiary/aromatic N) is 2. The monoisotopic (exact) mass is 247 g/mol. The Morgan fingerprint density at radius 2 is 2.00 bits per heavy atom. The molecule has 0 aromatic carbocycles. The van der Waals surface area contributed by atoms with Crippen LogP contribution < -0.4 is 5.73 Å². The van der Waals surface area contributed by atoms with Crippen molar-refractivity contribution in [2.24, 2.45) is 0 Å². The van der Waals surface area contributed by atoms with Gasteiger partial charge in [0, 0.05) is 11.8 Å². The third-order valence-corrected chi connectivity index (χ3v) is 2.81. The van der Waals surface area contributed by atoms with E-state index in [9.17, 15) is 0 Å². The molecule has 0 radical (unpaired) electrons. The van der Waals surface area contributed by atoms with Gasteiger partial charge in [0.05, 0.1) is 16.4 Å². The van der Waals surface area contributed by atoms with Gasteiger partial charge < -0.3 is 5.73 Å². The minimum atomic E-state index is 0.311. The lowest BCUT2D eigenvalue weighted by molar-refractivity contribution is 0.825. The summed E-state index contributed by atoms with van der Waals surface area (Å²) in [4.78, 5) is 8.68. The van der Waals surface area contributed by atoms with E-state index in [0.717, 1.165) is 11.3 Å². The van der Waals surface area contributed by atoms with Crippen LogP contribution in [-0.4, -0.2) is 9.97 Å². The molecule has 0 amide bonds. The molecule has 17 heavy (non-hydrogen) atoms. The number of nitrogens with two attached hydrogens (primary N) is 1. The topological polar surface area (TPSA) is 51.8 Å². The number of anilines is 1. The number of pyridine rings is 2. The number of aromatic nitrogens is 2. The van der Waals surface area contributed by atoms with Gasteiger partial charge in [-0.25, -0.2) is 4.98 Å². The first-order valence-corrected chi connectivity index (χ1v) is 5.84. The van der Waals surface area contributed by atoms with Gasteiger partial charge in [0.15, 0.2) is 0 Å². The van der Waals surface area contributed by atoms with Gasteiger partial charge in [0.1, 0.15) is 5.82 Å². The van der Waals surface area contributed by atoms with Gasteiger partial charge in [-0.1, -0.05) is 25.4 Å². The quantitative estimate of drug-likeness (QED) is 0.884. The van der Waals surface area contributed by atoms with Crippen molar-refractivity contribution >= 4 is 17.4 Å². The van der Waals surface area contributed by atoms with Gasteiger partial charge in [-0.3, -0.25) is 4.98 Å². The molecule has 0 saturated heterocycles. The summed E-state index contributed by atoms with van der Waals surface area (Å²) in [5.41, 5.74) is 8.32. The van der Waals surface area contributed by atoms with Gasteiger partial charge in [0.2, 0.25) is 0 Å². The zero-order chi connectivity index (χ0) is 12.4. The molecule has 4 heteroatoms. The Labute approximate surface area is 106 Å². The average Bonchev–Trinajstić information content (AvgIpc) is 2.32. The lowest BCUT2D eigenvalue weighted by Gasteiger charge is -2.12.